The van der Waals surface area contributed by atoms with Crippen LogP contribution in [-0.4, -0.2) is 14.9 Å². The van der Waals surface area contributed by atoms with Gasteiger partial charge in [-0.3, -0.25) is 4.79 Å². The minimum atomic E-state index is -0.247. The summed E-state index contributed by atoms with van der Waals surface area (Å²) >= 11 is 0. The lowest BCUT2D eigenvalue weighted by molar-refractivity contribution is 0.457. The van der Waals surface area contributed by atoms with Gasteiger partial charge in [-0.25, -0.2) is 4.68 Å². The zero-order valence-corrected chi connectivity index (χ0v) is 14.0. The molecule has 0 radical (unpaired) electrons. The Morgan fingerprint density at radius 1 is 1.05 bits per heavy atom. The lowest BCUT2D eigenvalue weighted by atomic mass is 9.90. The Kier molecular flexibility index (Phi) is 4.69. The van der Waals surface area contributed by atoms with Crippen molar-refractivity contribution in [2.45, 2.75) is 47.0 Å². The van der Waals surface area contributed by atoms with E-state index in [2.05, 4.69) is 38.0 Å². The van der Waals surface area contributed by atoms with Gasteiger partial charge in [-0.2, -0.15) is 5.10 Å². The maximum atomic E-state index is 12.6. The van der Waals surface area contributed by atoms with Crippen molar-refractivity contribution in [3.63, 3.8) is 0 Å². The molecule has 1 aromatic carbocycles. The largest absolute Gasteiger partial charge is 0.505 e. The Balaban J connectivity index is 2.94. The first-order valence-electron chi connectivity index (χ1n) is 7.86. The summed E-state index contributed by atoms with van der Waals surface area (Å²) in [5.41, 5.74) is 4.95. The third-order valence-electron chi connectivity index (χ3n) is 4.08. The molecule has 0 aliphatic rings. The van der Waals surface area contributed by atoms with Crippen molar-refractivity contribution in [3.05, 3.63) is 44.9 Å². The molecule has 0 saturated carbocycles. The standard InChI is InChI=1S/C18H24N2O2/c1-6-12-9-11(4)10-13(7-2)15(12)16-17(21)14(8-3)19-20(5)18(16)22/h9-10,21H,6-8H2,1-5H3. The Morgan fingerprint density at radius 3 is 2.05 bits per heavy atom. The first kappa shape index (κ1) is 16.3. The molecule has 0 amide bonds. The molecule has 0 aliphatic carbocycles. The summed E-state index contributed by atoms with van der Waals surface area (Å²) in [6.07, 6.45) is 2.22. The summed E-state index contributed by atoms with van der Waals surface area (Å²) < 4.78 is 1.33. The molecule has 0 fully saturated rings. The Hall–Kier alpha value is -2.10. The van der Waals surface area contributed by atoms with Crippen LogP contribution in [0.5, 0.6) is 5.75 Å². The highest BCUT2D eigenvalue weighted by atomic mass is 16.3. The van der Waals surface area contributed by atoms with Crippen LogP contribution in [0.3, 0.4) is 0 Å². The Labute approximate surface area is 131 Å². The number of aromatic nitrogens is 2. The van der Waals surface area contributed by atoms with Crippen molar-refractivity contribution in [2.75, 3.05) is 0 Å². The highest BCUT2D eigenvalue weighted by Crippen LogP contribution is 2.34. The summed E-state index contributed by atoms with van der Waals surface area (Å²) in [7, 11) is 1.63. The SMILES string of the molecule is CCc1cc(C)cc(CC)c1-c1c(O)c(CC)nn(C)c1=O. The van der Waals surface area contributed by atoms with E-state index in [1.165, 1.54) is 10.2 Å². The molecule has 0 bridgehead atoms. The normalized spacial score (nSPS) is 11.0. The van der Waals surface area contributed by atoms with Crippen molar-refractivity contribution >= 4 is 0 Å². The van der Waals surface area contributed by atoms with Crippen LogP contribution in [-0.2, 0) is 26.3 Å². The van der Waals surface area contributed by atoms with Crippen molar-refractivity contribution in [3.8, 4) is 16.9 Å². The van der Waals surface area contributed by atoms with Crippen LogP contribution in [0.15, 0.2) is 16.9 Å². The van der Waals surface area contributed by atoms with Crippen LogP contribution in [0.4, 0.5) is 0 Å². The van der Waals surface area contributed by atoms with Gasteiger partial charge in [0.15, 0.2) is 5.75 Å². The molecule has 4 nitrogen and oxygen atoms in total. The third kappa shape index (κ3) is 2.65. The molecule has 0 spiro atoms. The van der Waals surface area contributed by atoms with E-state index < -0.39 is 0 Å². The van der Waals surface area contributed by atoms with E-state index in [0.29, 0.717) is 17.7 Å². The molecular formula is C18H24N2O2. The van der Waals surface area contributed by atoms with Gasteiger partial charge >= 0.3 is 0 Å². The van der Waals surface area contributed by atoms with Gasteiger partial charge in [0, 0.05) is 7.05 Å². The minimum Gasteiger partial charge on any atom is -0.505 e. The predicted molar refractivity (Wildman–Crippen MR) is 89.4 cm³/mol. The molecule has 0 unspecified atom stereocenters. The number of nitrogens with zero attached hydrogens (tertiary/aromatic N) is 2. The molecule has 0 atom stereocenters. The zero-order chi connectivity index (χ0) is 16.4. The van der Waals surface area contributed by atoms with Crippen LogP contribution < -0.4 is 5.56 Å². The smallest absolute Gasteiger partial charge is 0.278 e. The quantitative estimate of drug-likeness (QED) is 0.943. The van der Waals surface area contributed by atoms with Gasteiger partial charge in [-0.1, -0.05) is 38.5 Å². The van der Waals surface area contributed by atoms with E-state index in [0.717, 1.165) is 29.5 Å². The van der Waals surface area contributed by atoms with Crippen molar-refractivity contribution in [2.24, 2.45) is 7.05 Å². The Morgan fingerprint density at radius 2 is 1.59 bits per heavy atom. The monoisotopic (exact) mass is 300 g/mol. The molecule has 1 heterocycles. The van der Waals surface area contributed by atoms with Gasteiger partial charge in [0.05, 0.1) is 5.56 Å². The van der Waals surface area contributed by atoms with Gasteiger partial charge in [0.25, 0.3) is 5.56 Å². The number of hydrogen-bond donors (Lipinski definition) is 1. The fourth-order valence-corrected chi connectivity index (χ4v) is 2.97. The van der Waals surface area contributed by atoms with E-state index >= 15 is 0 Å². The summed E-state index contributed by atoms with van der Waals surface area (Å²) in [5.74, 6) is 0.0267. The van der Waals surface area contributed by atoms with Crippen LogP contribution in [0, 0.1) is 6.92 Å². The summed E-state index contributed by atoms with van der Waals surface area (Å²) in [5, 5.41) is 14.7. The minimum absolute atomic E-state index is 0.0267. The molecule has 1 aromatic heterocycles. The van der Waals surface area contributed by atoms with E-state index in [9.17, 15) is 9.90 Å². The highest BCUT2D eigenvalue weighted by Gasteiger charge is 2.21. The molecule has 2 aromatic rings. The lowest BCUT2D eigenvalue weighted by Crippen LogP contribution is -2.23. The number of aromatic hydroxyl groups is 1. The summed E-state index contributed by atoms with van der Waals surface area (Å²) in [6, 6.07) is 4.19. The molecule has 2 rings (SSSR count). The van der Waals surface area contributed by atoms with Crippen molar-refractivity contribution in [1.82, 2.24) is 9.78 Å². The first-order chi connectivity index (χ1) is 10.4. The van der Waals surface area contributed by atoms with Crippen molar-refractivity contribution < 1.29 is 5.11 Å². The van der Waals surface area contributed by atoms with Crippen LogP contribution in [0.25, 0.3) is 11.1 Å². The summed E-state index contributed by atoms with van der Waals surface area (Å²) in [4.78, 5) is 12.6. The molecular weight excluding hydrogens is 276 g/mol. The molecule has 0 aliphatic heterocycles. The van der Waals surface area contributed by atoms with Gasteiger partial charge in [-0.05, 0) is 42.9 Å². The summed E-state index contributed by atoms with van der Waals surface area (Å²) in [6.45, 7) is 8.12. The van der Waals surface area contributed by atoms with E-state index in [-0.39, 0.29) is 11.3 Å². The second kappa shape index (κ2) is 6.34. The fraction of sp³-hybridized carbons (Fsp3) is 0.444. The average molecular weight is 300 g/mol. The van der Waals surface area contributed by atoms with E-state index in [4.69, 9.17) is 0 Å². The average Bonchev–Trinajstić information content (AvgIpc) is 2.51. The lowest BCUT2D eigenvalue weighted by Gasteiger charge is -2.17. The predicted octanol–water partition coefficient (Wildman–Crippen LogP) is 3.15. The van der Waals surface area contributed by atoms with E-state index in [1.54, 1.807) is 7.05 Å². The third-order valence-corrected chi connectivity index (χ3v) is 4.08. The van der Waals surface area contributed by atoms with E-state index in [1.807, 2.05) is 6.92 Å². The zero-order valence-electron chi connectivity index (χ0n) is 14.0. The van der Waals surface area contributed by atoms with Crippen LogP contribution in [0.1, 0.15) is 43.2 Å². The van der Waals surface area contributed by atoms with Crippen LogP contribution in [0.2, 0.25) is 0 Å². The molecule has 22 heavy (non-hydrogen) atoms. The highest BCUT2D eigenvalue weighted by molar-refractivity contribution is 5.76. The van der Waals surface area contributed by atoms with Gasteiger partial charge in [0.2, 0.25) is 0 Å². The van der Waals surface area contributed by atoms with Gasteiger partial charge in [-0.15, -0.1) is 0 Å². The maximum absolute atomic E-state index is 12.6. The Bertz CT molecular complexity index is 735. The van der Waals surface area contributed by atoms with Gasteiger partial charge in [0.1, 0.15) is 5.69 Å². The second-order valence-electron chi connectivity index (χ2n) is 5.62. The molecule has 118 valence electrons. The second-order valence-corrected chi connectivity index (χ2v) is 5.62. The number of benzene rings is 1. The van der Waals surface area contributed by atoms with Gasteiger partial charge < -0.3 is 5.11 Å². The fourth-order valence-electron chi connectivity index (χ4n) is 2.97. The maximum Gasteiger partial charge on any atom is 0.278 e. The topological polar surface area (TPSA) is 55.1 Å². The molecule has 0 saturated heterocycles. The van der Waals surface area contributed by atoms with Crippen molar-refractivity contribution in [1.29, 1.82) is 0 Å². The van der Waals surface area contributed by atoms with Crippen LogP contribution >= 0.6 is 0 Å². The molecule has 1 N–H and O–H groups in total. The number of rotatable bonds is 4. The first-order valence-corrected chi connectivity index (χ1v) is 7.86. The number of aryl methyl sites for hydroxylation is 5. The molecule has 4 heteroatoms. The number of hydrogen-bond acceptors (Lipinski definition) is 3.